The maximum atomic E-state index is 14.1. The molecule has 0 aromatic heterocycles. The molecule has 2 aromatic carbocycles. The minimum atomic E-state index is -3.42. The molecular formula is C30H44BrN3O4S. The van der Waals surface area contributed by atoms with Crippen molar-refractivity contribution in [3.05, 3.63) is 58.7 Å². The van der Waals surface area contributed by atoms with Crippen LogP contribution in [0.3, 0.4) is 0 Å². The van der Waals surface area contributed by atoms with Crippen molar-refractivity contribution in [3.63, 3.8) is 0 Å². The second-order valence-corrected chi connectivity index (χ2v) is 14.4. The van der Waals surface area contributed by atoms with E-state index in [1.807, 2.05) is 53.7 Å². The molecule has 0 bridgehead atoms. The smallest absolute Gasteiger partial charge is 0.229 e. The molecule has 0 radical (unpaired) electrons. The fourth-order valence-electron chi connectivity index (χ4n) is 5.52. The highest BCUT2D eigenvalue weighted by atomic mass is 79.9. The van der Waals surface area contributed by atoms with Crippen LogP contribution in [0, 0.1) is 11.3 Å². The molecule has 1 heterocycles. The normalized spacial score (nSPS) is 19.8. The van der Waals surface area contributed by atoms with Gasteiger partial charge in [-0.15, -0.1) is 17.0 Å². The molecule has 1 saturated heterocycles. The predicted octanol–water partition coefficient (Wildman–Crippen LogP) is 6.44. The van der Waals surface area contributed by atoms with Crippen molar-refractivity contribution in [2.75, 3.05) is 17.5 Å². The van der Waals surface area contributed by atoms with Crippen LogP contribution in [0.2, 0.25) is 0 Å². The number of phenolic OH excluding ortho intramolecular Hbond substituents is 1. The number of anilines is 1. The van der Waals surface area contributed by atoms with Gasteiger partial charge in [0.25, 0.3) is 0 Å². The summed E-state index contributed by atoms with van der Waals surface area (Å²) in [6.45, 7) is 14.8. The number of phenols is 1. The summed E-state index contributed by atoms with van der Waals surface area (Å²) < 4.78 is 25.9. The summed E-state index contributed by atoms with van der Waals surface area (Å²) >= 11 is 0. The van der Waals surface area contributed by atoms with E-state index < -0.39 is 15.4 Å². The number of aromatic hydroxyl groups is 1. The highest BCUT2D eigenvalue weighted by Gasteiger charge is 2.50. The number of hydrogen-bond donors (Lipinski definition) is 4. The first-order chi connectivity index (χ1) is 17.4. The Morgan fingerprint density at radius 2 is 1.59 bits per heavy atom. The molecule has 0 aliphatic carbocycles. The van der Waals surface area contributed by atoms with Crippen molar-refractivity contribution in [2.45, 2.75) is 84.0 Å². The van der Waals surface area contributed by atoms with Gasteiger partial charge in [0, 0.05) is 35.3 Å². The van der Waals surface area contributed by atoms with Gasteiger partial charge in [-0.25, -0.2) is 8.42 Å². The molecule has 1 aliphatic rings. The number of rotatable bonds is 8. The lowest BCUT2D eigenvalue weighted by molar-refractivity contribution is 0.0951. The molecular weight excluding hydrogens is 578 g/mol. The molecule has 0 spiro atoms. The molecule has 1 fully saturated rings. The first-order valence-electron chi connectivity index (χ1n) is 13.2. The van der Waals surface area contributed by atoms with Crippen molar-refractivity contribution in [1.82, 2.24) is 5.32 Å². The number of nitrogens with one attached hydrogen (secondary N) is 3. The minimum absolute atomic E-state index is 0. The Hall–Kier alpha value is -2.39. The molecule has 1 aliphatic heterocycles. The number of benzene rings is 2. The summed E-state index contributed by atoms with van der Waals surface area (Å²) in [5.74, 6) is 0.469. The van der Waals surface area contributed by atoms with Crippen LogP contribution in [0.4, 0.5) is 5.69 Å². The Bertz CT molecular complexity index is 1290. The predicted molar refractivity (Wildman–Crippen MR) is 165 cm³/mol. The van der Waals surface area contributed by atoms with E-state index in [4.69, 9.17) is 5.41 Å². The van der Waals surface area contributed by atoms with Crippen LogP contribution < -0.4 is 10.0 Å². The summed E-state index contributed by atoms with van der Waals surface area (Å²) in [7, 11) is -3.42. The van der Waals surface area contributed by atoms with E-state index in [1.165, 1.54) is 0 Å². The first-order valence-corrected chi connectivity index (χ1v) is 15.1. The quantitative estimate of drug-likeness (QED) is 0.253. The topological polar surface area (TPSA) is 119 Å². The highest BCUT2D eigenvalue weighted by Crippen LogP contribution is 2.45. The summed E-state index contributed by atoms with van der Waals surface area (Å²) in [4.78, 5) is 14.1. The number of amidine groups is 1. The second kappa shape index (κ2) is 11.6. The third-order valence-corrected chi connectivity index (χ3v) is 8.10. The number of ketones is 1. The zero-order chi connectivity index (χ0) is 28.7. The van der Waals surface area contributed by atoms with Crippen LogP contribution in [-0.4, -0.2) is 37.9 Å². The monoisotopic (exact) mass is 621 g/mol. The average Bonchev–Trinajstić information content (AvgIpc) is 3.08. The molecule has 0 amide bonds. The third-order valence-electron chi connectivity index (χ3n) is 7.50. The molecule has 7 nitrogen and oxygen atoms in total. The van der Waals surface area contributed by atoms with Crippen molar-refractivity contribution in [3.8, 4) is 5.75 Å². The van der Waals surface area contributed by atoms with E-state index in [9.17, 15) is 18.3 Å². The van der Waals surface area contributed by atoms with Gasteiger partial charge in [0.15, 0.2) is 5.78 Å². The van der Waals surface area contributed by atoms with Crippen LogP contribution in [0.5, 0.6) is 5.75 Å². The van der Waals surface area contributed by atoms with Crippen LogP contribution in [-0.2, 0) is 26.3 Å². The molecule has 39 heavy (non-hydrogen) atoms. The largest absolute Gasteiger partial charge is 0.507 e. The van der Waals surface area contributed by atoms with Crippen molar-refractivity contribution >= 4 is 44.3 Å². The molecule has 216 valence electrons. The van der Waals surface area contributed by atoms with Gasteiger partial charge in [0.1, 0.15) is 11.6 Å². The lowest BCUT2D eigenvalue weighted by Crippen LogP contribution is -2.41. The Kier molecular flexibility index (Phi) is 9.77. The van der Waals surface area contributed by atoms with E-state index in [0.717, 1.165) is 35.8 Å². The summed E-state index contributed by atoms with van der Waals surface area (Å²) in [6, 6.07) is 10.6. The van der Waals surface area contributed by atoms with Crippen LogP contribution in [0.15, 0.2) is 36.4 Å². The van der Waals surface area contributed by atoms with Gasteiger partial charge < -0.3 is 10.4 Å². The van der Waals surface area contributed by atoms with Crippen LogP contribution in [0.1, 0.15) is 94.8 Å². The van der Waals surface area contributed by atoms with Gasteiger partial charge in [-0.05, 0) is 53.0 Å². The van der Waals surface area contributed by atoms with Gasteiger partial charge in [0.05, 0.1) is 11.7 Å². The zero-order valence-electron chi connectivity index (χ0n) is 24.4. The number of carbonyl (C=O) groups is 1. The van der Waals surface area contributed by atoms with E-state index in [0.29, 0.717) is 23.6 Å². The first kappa shape index (κ1) is 32.8. The number of sulfonamides is 1. The average molecular weight is 623 g/mol. The lowest BCUT2D eigenvalue weighted by Gasteiger charge is -2.35. The number of hydrogen-bond acceptors (Lipinski definition) is 5. The third kappa shape index (κ3) is 7.04. The van der Waals surface area contributed by atoms with Gasteiger partial charge in [-0.2, -0.15) is 0 Å². The molecule has 0 unspecified atom stereocenters. The van der Waals surface area contributed by atoms with Gasteiger partial charge in [0.2, 0.25) is 10.0 Å². The lowest BCUT2D eigenvalue weighted by atomic mass is 9.66. The van der Waals surface area contributed by atoms with E-state index in [2.05, 4.69) is 17.0 Å². The summed E-state index contributed by atoms with van der Waals surface area (Å²) in [6.07, 6.45) is 2.94. The zero-order valence-corrected chi connectivity index (χ0v) is 26.9. The van der Waals surface area contributed by atoms with E-state index in [-0.39, 0.29) is 51.7 Å². The van der Waals surface area contributed by atoms with Crippen molar-refractivity contribution < 1.29 is 18.3 Å². The van der Waals surface area contributed by atoms with Gasteiger partial charge in [-0.3, -0.25) is 14.9 Å². The summed E-state index contributed by atoms with van der Waals surface area (Å²) in [5.41, 5.74) is 1.63. The Morgan fingerprint density at radius 1 is 1.08 bits per heavy atom. The molecule has 3 rings (SSSR count). The van der Waals surface area contributed by atoms with Crippen LogP contribution >= 0.6 is 17.0 Å². The highest BCUT2D eigenvalue weighted by molar-refractivity contribution is 8.93. The Morgan fingerprint density at radius 3 is 2.03 bits per heavy atom. The van der Waals surface area contributed by atoms with Crippen molar-refractivity contribution in [2.24, 2.45) is 5.92 Å². The fraction of sp³-hybridized carbons (Fsp3) is 0.533. The van der Waals surface area contributed by atoms with E-state index >= 15 is 0 Å². The molecule has 2 atom stereocenters. The van der Waals surface area contributed by atoms with Crippen LogP contribution in [0.25, 0.3) is 0 Å². The summed E-state index contributed by atoms with van der Waals surface area (Å²) in [5, 5.41) is 23.3. The number of halogens is 1. The minimum Gasteiger partial charge on any atom is -0.507 e. The van der Waals surface area contributed by atoms with E-state index in [1.54, 1.807) is 24.3 Å². The molecule has 0 saturated carbocycles. The SMILES string of the molecule is Br.CCC[C@H]1CNC(=N)[C@]1(CC(=O)c1cc(C(C)(C)C)c(O)c(C(C)(C)C)c1)c1ccc(NS(C)(=O)=O)cc1. The van der Waals surface area contributed by atoms with Gasteiger partial charge in [-0.1, -0.05) is 67.0 Å². The molecule has 4 N–H and O–H groups in total. The maximum Gasteiger partial charge on any atom is 0.229 e. The molecule has 9 heteroatoms. The van der Waals surface area contributed by atoms with Crippen molar-refractivity contribution in [1.29, 1.82) is 5.41 Å². The number of Topliss-reactive ketones (excluding diaryl/α,β-unsaturated/α-hetero) is 1. The number of carbonyl (C=O) groups excluding carboxylic acids is 1. The molecule has 2 aromatic rings. The fourth-order valence-corrected chi connectivity index (χ4v) is 6.08. The Labute approximate surface area is 244 Å². The maximum absolute atomic E-state index is 14.1. The second-order valence-electron chi connectivity index (χ2n) is 12.7. The standard InChI is InChI=1S/C30H43N3O4S.BrH/c1-9-10-21-18-32-27(31)30(21,20-11-13-22(14-12-20)33-38(8,36)37)17-25(34)19-15-23(28(2,3)4)26(35)24(16-19)29(5,6)7;/h11-16,21,33,35H,9-10,17-18H2,1-8H3,(H2,31,32);1H/t21-,30+;/m0./s1. The Balaban J connectivity index is 0.00000533. The van der Waals surface area contributed by atoms with Gasteiger partial charge >= 0.3 is 0 Å².